The lowest BCUT2D eigenvalue weighted by Crippen LogP contribution is -2.52. The molecular weight excluding hydrogens is 300 g/mol. The Morgan fingerprint density at radius 3 is 2.52 bits per heavy atom. The van der Waals surface area contributed by atoms with Crippen molar-refractivity contribution in [2.24, 2.45) is 5.92 Å². The van der Waals surface area contributed by atoms with Crippen molar-refractivity contribution in [2.75, 3.05) is 19.6 Å². The first kappa shape index (κ1) is 14.5. The molecule has 0 saturated carbocycles. The van der Waals surface area contributed by atoms with Crippen LogP contribution in [0.15, 0.2) is 30.3 Å². The summed E-state index contributed by atoms with van der Waals surface area (Å²) in [5.74, 6) is -0.0194. The van der Waals surface area contributed by atoms with Crippen LogP contribution in [0.2, 0.25) is 0 Å². The van der Waals surface area contributed by atoms with Crippen molar-refractivity contribution in [3.8, 4) is 17.1 Å². The minimum absolute atomic E-state index is 0.104. The monoisotopic (exact) mass is 317 g/mol. The van der Waals surface area contributed by atoms with Crippen LogP contribution >= 0.6 is 0 Å². The van der Waals surface area contributed by atoms with Crippen LogP contribution in [-0.4, -0.2) is 40.8 Å². The Balaban J connectivity index is 1.51. The summed E-state index contributed by atoms with van der Waals surface area (Å²) < 4.78 is 33.0. The molecule has 23 heavy (non-hydrogen) atoms. The Labute approximate surface area is 133 Å². The molecule has 1 aromatic carbocycles. The van der Waals surface area contributed by atoms with Crippen molar-refractivity contribution in [1.29, 1.82) is 0 Å². The molecule has 3 aliphatic rings. The number of fused-ring (bicyclic) bond motifs is 3. The first-order valence-corrected chi connectivity index (χ1v) is 7.87. The number of aromatic nitrogens is 2. The van der Waals surface area contributed by atoms with Gasteiger partial charge in [0.1, 0.15) is 17.7 Å². The quantitative estimate of drug-likeness (QED) is 0.872. The van der Waals surface area contributed by atoms with Gasteiger partial charge in [-0.15, -0.1) is 10.2 Å². The number of benzene rings is 1. The van der Waals surface area contributed by atoms with Crippen LogP contribution in [0, 0.1) is 17.6 Å². The van der Waals surface area contributed by atoms with Gasteiger partial charge >= 0.3 is 0 Å². The minimum Gasteiger partial charge on any atom is -0.472 e. The van der Waals surface area contributed by atoms with Crippen LogP contribution in [0.25, 0.3) is 11.3 Å². The molecule has 4 heterocycles. The molecule has 5 rings (SSSR count). The summed E-state index contributed by atoms with van der Waals surface area (Å²) in [4.78, 5) is 2.40. The number of nitrogens with zero attached hydrogens (tertiary/aromatic N) is 3. The second-order valence-corrected chi connectivity index (χ2v) is 6.18. The van der Waals surface area contributed by atoms with Crippen molar-refractivity contribution in [3.05, 3.63) is 42.0 Å². The first-order chi connectivity index (χ1) is 11.2. The van der Waals surface area contributed by atoms with Crippen molar-refractivity contribution < 1.29 is 13.5 Å². The van der Waals surface area contributed by atoms with Crippen LogP contribution in [0.4, 0.5) is 8.78 Å². The molecule has 0 N–H and O–H groups in total. The maximum absolute atomic E-state index is 13.8. The highest BCUT2D eigenvalue weighted by Gasteiger charge is 2.35. The average molecular weight is 317 g/mol. The minimum atomic E-state index is -0.522. The van der Waals surface area contributed by atoms with E-state index in [1.165, 1.54) is 0 Å². The van der Waals surface area contributed by atoms with Crippen LogP contribution < -0.4 is 4.74 Å². The predicted octanol–water partition coefficient (Wildman–Crippen LogP) is 2.89. The Hall–Kier alpha value is -2.08. The third kappa shape index (κ3) is 2.91. The van der Waals surface area contributed by atoms with Gasteiger partial charge in [0.15, 0.2) is 0 Å². The summed E-state index contributed by atoms with van der Waals surface area (Å²) >= 11 is 0. The molecule has 2 aromatic rings. The van der Waals surface area contributed by atoms with E-state index in [0.29, 0.717) is 17.5 Å². The van der Waals surface area contributed by atoms with Gasteiger partial charge in [0, 0.05) is 18.2 Å². The number of ether oxygens (including phenoxy) is 1. The lowest BCUT2D eigenvalue weighted by molar-refractivity contribution is -0.0103. The Kier molecular flexibility index (Phi) is 3.69. The molecule has 0 aliphatic carbocycles. The molecule has 2 bridgehead atoms. The fourth-order valence-corrected chi connectivity index (χ4v) is 3.42. The molecule has 1 atom stereocenters. The molecule has 4 nitrogen and oxygen atoms in total. The van der Waals surface area contributed by atoms with E-state index < -0.39 is 11.6 Å². The summed E-state index contributed by atoms with van der Waals surface area (Å²) in [6, 6.07) is 6.57. The highest BCUT2D eigenvalue weighted by molar-refractivity contribution is 5.59. The third-order valence-corrected chi connectivity index (χ3v) is 4.71. The molecule has 0 amide bonds. The van der Waals surface area contributed by atoms with E-state index in [2.05, 4.69) is 15.1 Å². The first-order valence-electron chi connectivity index (χ1n) is 7.87. The molecule has 0 spiro atoms. The van der Waals surface area contributed by atoms with Crippen LogP contribution in [0.3, 0.4) is 0 Å². The van der Waals surface area contributed by atoms with Gasteiger partial charge in [0.2, 0.25) is 5.88 Å². The summed E-state index contributed by atoms with van der Waals surface area (Å²) in [6.07, 6.45) is 2.46. The van der Waals surface area contributed by atoms with E-state index in [1.807, 2.05) is 0 Å². The lowest BCUT2D eigenvalue weighted by Gasteiger charge is -2.44. The number of hydrogen-bond donors (Lipinski definition) is 0. The lowest BCUT2D eigenvalue weighted by atomic mass is 9.86. The zero-order valence-corrected chi connectivity index (χ0v) is 12.6. The summed E-state index contributed by atoms with van der Waals surface area (Å²) in [6.45, 7) is 3.22. The second kappa shape index (κ2) is 5.85. The maximum atomic E-state index is 13.8. The Morgan fingerprint density at radius 2 is 1.87 bits per heavy atom. The van der Waals surface area contributed by atoms with Crippen molar-refractivity contribution >= 4 is 0 Å². The van der Waals surface area contributed by atoms with Gasteiger partial charge in [-0.1, -0.05) is 0 Å². The van der Waals surface area contributed by atoms with E-state index in [-0.39, 0.29) is 11.7 Å². The molecule has 0 radical (unpaired) electrons. The van der Waals surface area contributed by atoms with Gasteiger partial charge in [-0.2, -0.15) is 0 Å². The Bertz CT molecular complexity index is 699. The van der Waals surface area contributed by atoms with Gasteiger partial charge in [0.25, 0.3) is 0 Å². The Morgan fingerprint density at radius 1 is 1.04 bits per heavy atom. The largest absolute Gasteiger partial charge is 0.472 e. The highest BCUT2D eigenvalue weighted by Crippen LogP contribution is 2.30. The molecular formula is C17H17F2N3O. The van der Waals surface area contributed by atoms with Crippen molar-refractivity contribution in [3.63, 3.8) is 0 Å². The predicted molar refractivity (Wildman–Crippen MR) is 81.0 cm³/mol. The molecule has 0 unspecified atom stereocenters. The topological polar surface area (TPSA) is 38.2 Å². The van der Waals surface area contributed by atoms with Gasteiger partial charge in [-0.05, 0) is 56.1 Å². The van der Waals surface area contributed by atoms with E-state index in [4.69, 9.17) is 4.74 Å². The zero-order valence-electron chi connectivity index (χ0n) is 12.6. The standard InChI is InChI=1S/C17H17F2N3O/c18-12-1-2-14(19)13(9-12)15-3-4-17(21-20-15)23-16-10-22-7-5-11(16)6-8-22/h1-4,9,11,16H,5-8,10H2/t16-/m0/s1. The molecule has 6 heteroatoms. The fourth-order valence-electron chi connectivity index (χ4n) is 3.42. The third-order valence-electron chi connectivity index (χ3n) is 4.71. The van der Waals surface area contributed by atoms with Crippen LogP contribution in [-0.2, 0) is 0 Å². The van der Waals surface area contributed by atoms with E-state index in [9.17, 15) is 8.78 Å². The normalized spacial score (nSPS) is 26.3. The second-order valence-electron chi connectivity index (χ2n) is 6.18. The zero-order chi connectivity index (χ0) is 15.8. The molecule has 3 aliphatic heterocycles. The fraction of sp³-hybridized carbons (Fsp3) is 0.412. The van der Waals surface area contributed by atoms with Gasteiger partial charge in [-0.25, -0.2) is 8.78 Å². The number of rotatable bonds is 3. The van der Waals surface area contributed by atoms with E-state index in [0.717, 1.165) is 50.7 Å². The van der Waals surface area contributed by atoms with Crippen LogP contribution in [0.5, 0.6) is 5.88 Å². The SMILES string of the molecule is Fc1ccc(F)c(-c2ccc(O[C@H]3CN4CCC3CC4)nn2)c1. The molecule has 3 saturated heterocycles. The summed E-state index contributed by atoms with van der Waals surface area (Å²) in [7, 11) is 0. The molecule has 120 valence electrons. The van der Waals surface area contributed by atoms with E-state index in [1.54, 1.807) is 12.1 Å². The average Bonchev–Trinajstić information content (AvgIpc) is 2.59. The smallest absolute Gasteiger partial charge is 0.233 e. The number of piperidine rings is 3. The highest BCUT2D eigenvalue weighted by atomic mass is 19.1. The summed E-state index contributed by atoms with van der Waals surface area (Å²) in [5, 5.41) is 8.01. The van der Waals surface area contributed by atoms with E-state index >= 15 is 0 Å². The van der Waals surface area contributed by atoms with Crippen molar-refractivity contribution in [2.45, 2.75) is 18.9 Å². The molecule has 1 aromatic heterocycles. The summed E-state index contributed by atoms with van der Waals surface area (Å²) in [5.41, 5.74) is 0.398. The number of hydrogen-bond acceptors (Lipinski definition) is 4. The molecule has 3 fully saturated rings. The number of halogens is 2. The van der Waals surface area contributed by atoms with Gasteiger partial charge < -0.3 is 4.74 Å². The maximum Gasteiger partial charge on any atom is 0.233 e. The van der Waals surface area contributed by atoms with Crippen molar-refractivity contribution in [1.82, 2.24) is 15.1 Å². The van der Waals surface area contributed by atoms with Gasteiger partial charge in [0.05, 0.1) is 5.69 Å². The van der Waals surface area contributed by atoms with Gasteiger partial charge in [-0.3, -0.25) is 4.90 Å². The van der Waals surface area contributed by atoms with Crippen LogP contribution in [0.1, 0.15) is 12.8 Å².